The molecule has 0 radical (unpaired) electrons. The van der Waals surface area contributed by atoms with Crippen LogP contribution in [0.15, 0.2) is 17.9 Å². The lowest BCUT2D eigenvalue weighted by Crippen LogP contribution is -2.01. The Bertz CT molecular complexity index is 566. The molecule has 102 valence electrons. The third-order valence-corrected chi connectivity index (χ3v) is 3.54. The van der Waals surface area contributed by atoms with E-state index in [2.05, 4.69) is 9.97 Å². The third-order valence-electron chi connectivity index (χ3n) is 2.49. The highest BCUT2D eigenvalue weighted by Crippen LogP contribution is 2.21. The summed E-state index contributed by atoms with van der Waals surface area (Å²) in [5.41, 5.74) is 0.846. The molecule has 0 saturated heterocycles. The number of nitrogens with zero attached hydrogens (tertiary/aromatic N) is 4. The maximum Gasteiger partial charge on any atom is 0.381 e. The minimum atomic E-state index is -0.514. The van der Waals surface area contributed by atoms with Crippen molar-refractivity contribution >= 4 is 17.2 Å². The van der Waals surface area contributed by atoms with Gasteiger partial charge >= 0.3 is 5.82 Å². The molecule has 7 nitrogen and oxygen atoms in total. The van der Waals surface area contributed by atoms with Crippen LogP contribution in [0.1, 0.15) is 30.7 Å². The summed E-state index contributed by atoms with van der Waals surface area (Å²) in [5.74, 6) is -0.155. The predicted molar refractivity (Wildman–Crippen MR) is 70.1 cm³/mol. The van der Waals surface area contributed by atoms with E-state index in [0.29, 0.717) is 13.2 Å². The Hall–Kier alpha value is -1.80. The van der Waals surface area contributed by atoms with Crippen LogP contribution in [-0.2, 0) is 11.3 Å². The average molecular weight is 282 g/mol. The van der Waals surface area contributed by atoms with Gasteiger partial charge in [-0.15, -0.1) is 11.3 Å². The third kappa shape index (κ3) is 3.36. The number of nitro groups is 1. The van der Waals surface area contributed by atoms with E-state index in [0.717, 1.165) is 10.7 Å². The van der Waals surface area contributed by atoms with Crippen LogP contribution in [-0.4, -0.2) is 26.1 Å². The van der Waals surface area contributed by atoms with Crippen LogP contribution < -0.4 is 0 Å². The summed E-state index contributed by atoms with van der Waals surface area (Å²) in [6.07, 6.45) is 2.80. The minimum Gasteiger partial charge on any atom is -0.372 e. The van der Waals surface area contributed by atoms with Gasteiger partial charge in [0.1, 0.15) is 17.3 Å². The van der Waals surface area contributed by atoms with Crippen LogP contribution in [0, 0.1) is 10.1 Å². The molecule has 2 heterocycles. The number of aromatic nitrogens is 3. The second-order valence-electron chi connectivity index (χ2n) is 3.94. The van der Waals surface area contributed by atoms with E-state index in [1.54, 1.807) is 4.57 Å². The molecule has 2 aromatic heterocycles. The number of ether oxygens (including phenoxy) is 1. The molecule has 0 aromatic carbocycles. The highest BCUT2D eigenvalue weighted by Gasteiger charge is 2.13. The zero-order valence-corrected chi connectivity index (χ0v) is 11.5. The fraction of sp³-hybridized carbons (Fsp3) is 0.455. The van der Waals surface area contributed by atoms with Gasteiger partial charge in [0.2, 0.25) is 6.33 Å². The highest BCUT2D eigenvalue weighted by molar-refractivity contribution is 7.09. The van der Waals surface area contributed by atoms with Crippen LogP contribution in [0.3, 0.4) is 0 Å². The number of thiazole rings is 1. The lowest BCUT2D eigenvalue weighted by atomic mass is 10.4. The Morgan fingerprint density at radius 3 is 3.05 bits per heavy atom. The van der Waals surface area contributed by atoms with E-state index < -0.39 is 4.92 Å². The van der Waals surface area contributed by atoms with Gasteiger partial charge in [-0.25, -0.2) is 4.98 Å². The maximum atomic E-state index is 10.5. The Morgan fingerprint density at radius 2 is 2.42 bits per heavy atom. The topological polar surface area (TPSA) is 83.1 Å². The molecule has 0 spiro atoms. The largest absolute Gasteiger partial charge is 0.381 e. The van der Waals surface area contributed by atoms with E-state index in [4.69, 9.17) is 4.74 Å². The summed E-state index contributed by atoms with van der Waals surface area (Å²) in [7, 11) is 0. The summed E-state index contributed by atoms with van der Waals surface area (Å²) in [6, 6.07) is 0. The number of rotatable bonds is 6. The molecule has 0 bridgehead atoms. The van der Waals surface area contributed by atoms with Crippen molar-refractivity contribution in [3.8, 4) is 0 Å². The Morgan fingerprint density at radius 1 is 1.63 bits per heavy atom. The Balaban J connectivity index is 2.04. The SMILES string of the molecule is CCO[C@@H](C)c1nc(Cn2cnc([N+](=O)[O-])c2)cs1. The highest BCUT2D eigenvalue weighted by atomic mass is 32.1. The molecule has 0 aliphatic heterocycles. The molecule has 0 aliphatic rings. The fourth-order valence-corrected chi connectivity index (χ4v) is 2.43. The first-order valence-electron chi connectivity index (χ1n) is 5.82. The van der Waals surface area contributed by atoms with Crippen LogP contribution in [0.5, 0.6) is 0 Å². The number of hydrogen-bond donors (Lipinski definition) is 0. The van der Waals surface area contributed by atoms with Crippen molar-refractivity contribution in [1.82, 2.24) is 14.5 Å². The Kier molecular flexibility index (Phi) is 4.23. The van der Waals surface area contributed by atoms with Crippen molar-refractivity contribution in [2.75, 3.05) is 6.61 Å². The van der Waals surface area contributed by atoms with Crippen LogP contribution in [0.4, 0.5) is 5.82 Å². The molecule has 1 atom stereocenters. The van der Waals surface area contributed by atoms with Crippen LogP contribution in [0.25, 0.3) is 0 Å². The predicted octanol–water partition coefficient (Wildman–Crippen LogP) is 2.39. The standard InChI is InChI=1S/C11H14N4O3S/c1-3-18-8(2)11-13-9(6-19-11)4-14-5-10(12-7-14)15(16)17/h5-8H,3-4H2,1-2H3/t8-/m0/s1. The van der Waals surface area contributed by atoms with Crippen molar-refractivity contribution in [2.45, 2.75) is 26.5 Å². The van der Waals surface area contributed by atoms with E-state index in [-0.39, 0.29) is 11.9 Å². The zero-order valence-electron chi connectivity index (χ0n) is 10.6. The number of imidazole rings is 1. The van der Waals surface area contributed by atoms with Crippen molar-refractivity contribution in [1.29, 1.82) is 0 Å². The summed E-state index contributed by atoms with van der Waals surface area (Å²) in [4.78, 5) is 18.2. The van der Waals surface area contributed by atoms with Crippen molar-refractivity contribution < 1.29 is 9.66 Å². The molecule has 2 rings (SSSR count). The second kappa shape index (κ2) is 5.89. The molecule has 0 saturated carbocycles. The van der Waals surface area contributed by atoms with E-state index >= 15 is 0 Å². The molecule has 0 fully saturated rings. The molecule has 0 N–H and O–H groups in total. The molecule has 0 unspecified atom stereocenters. The first-order valence-corrected chi connectivity index (χ1v) is 6.70. The molecule has 2 aromatic rings. The van der Waals surface area contributed by atoms with Gasteiger partial charge in [-0.2, -0.15) is 0 Å². The van der Waals surface area contributed by atoms with Gasteiger partial charge in [0.25, 0.3) is 0 Å². The van der Waals surface area contributed by atoms with Crippen molar-refractivity contribution in [3.63, 3.8) is 0 Å². The molecular formula is C11H14N4O3S. The summed E-state index contributed by atoms with van der Waals surface area (Å²) in [6.45, 7) is 5.00. The second-order valence-corrected chi connectivity index (χ2v) is 4.83. The van der Waals surface area contributed by atoms with E-state index in [1.807, 2.05) is 19.2 Å². The van der Waals surface area contributed by atoms with Gasteiger partial charge in [-0.1, -0.05) is 0 Å². The first kappa shape index (κ1) is 13.6. The molecular weight excluding hydrogens is 268 g/mol. The summed E-state index contributed by atoms with van der Waals surface area (Å²) in [5, 5.41) is 13.4. The van der Waals surface area contributed by atoms with Gasteiger partial charge in [0.05, 0.1) is 12.2 Å². The summed E-state index contributed by atoms with van der Waals surface area (Å²) < 4.78 is 7.11. The Labute approximate surface area is 114 Å². The van der Waals surface area contributed by atoms with Crippen LogP contribution in [0.2, 0.25) is 0 Å². The van der Waals surface area contributed by atoms with Crippen molar-refractivity contribution in [2.24, 2.45) is 0 Å². The molecule has 8 heteroatoms. The van der Waals surface area contributed by atoms with Crippen LogP contribution >= 0.6 is 11.3 Å². The van der Waals surface area contributed by atoms with Gasteiger partial charge < -0.3 is 19.4 Å². The zero-order chi connectivity index (χ0) is 13.8. The molecule has 19 heavy (non-hydrogen) atoms. The van der Waals surface area contributed by atoms with Gasteiger partial charge in [-0.05, 0) is 23.8 Å². The van der Waals surface area contributed by atoms with Gasteiger partial charge in [-0.3, -0.25) is 0 Å². The minimum absolute atomic E-state index is 0.0270. The molecule has 0 amide bonds. The normalized spacial score (nSPS) is 12.5. The monoisotopic (exact) mass is 282 g/mol. The lowest BCUT2D eigenvalue weighted by molar-refractivity contribution is -0.389. The summed E-state index contributed by atoms with van der Waals surface area (Å²) >= 11 is 1.53. The van der Waals surface area contributed by atoms with Crippen molar-refractivity contribution in [3.05, 3.63) is 38.7 Å². The van der Waals surface area contributed by atoms with E-state index in [1.165, 1.54) is 23.9 Å². The first-order chi connectivity index (χ1) is 9.10. The quantitative estimate of drug-likeness (QED) is 0.600. The average Bonchev–Trinajstić information content (AvgIpc) is 2.99. The molecule has 0 aliphatic carbocycles. The van der Waals surface area contributed by atoms with Gasteiger partial charge in [0.15, 0.2) is 0 Å². The smallest absolute Gasteiger partial charge is 0.372 e. The fourth-order valence-electron chi connectivity index (χ4n) is 1.62. The van der Waals surface area contributed by atoms with Gasteiger partial charge in [0, 0.05) is 12.0 Å². The van der Waals surface area contributed by atoms with E-state index in [9.17, 15) is 10.1 Å². The maximum absolute atomic E-state index is 10.5. The number of hydrogen-bond acceptors (Lipinski definition) is 6. The lowest BCUT2D eigenvalue weighted by Gasteiger charge is -2.06.